The van der Waals surface area contributed by atoms with Crippen LogP contribution in [0.15, 0.2) is 18.2 Å². The Morgan fingerprint density at radius 3 is 1.88 bits per heavy atom. The van der Waals surface area contributed by atoms with Crippen LogP contribution in [-0.2, 0) is 4.79 Å². The summed E-state index contributed by atoms with van der Waals surface area (Å²) in [5.41, 5.74) is 2.41. The van der Waals surface area contributed by atoms with Crippen molar-refractivity contribution in [2.45, 2.75) is 91.9 Å². The van der Waals surface area contributed by atoms with E-state index >= 15 is 0 Å². The van der Waals surface area contributed by atoms with Crippen molar-refractivity contribution in [1.82, 2.24) is 0 Å². The molecule has 0 unspecified atom stereocenters. The Labute approximate surface area is 166 Å². The Bertz CT molecular complexity index is 558. The van der Waals surface area contributed by atoms with E-state index in [9.17, 15) is 4.79 Å². The summed E-state index contributed by atoms with van der Waals surface area (Å²) >= 11 is 0. The zero-order valence-electron chi connectivity index (χ0n) is 17.4. The van der Waals surface area contributed by atoms with E-state index in [-0.39, 0.29) is 23.8 Å². The van der Waals surface area contributed by atoms with Crippen molar-refractivity contribution in [3.63, 3.8) is 0 Å². The van der Waals surface area contributed by atoms with Crippen LogP contribution < -0.4 is 4.74 Å². The molecule has 0 bridgehead atoms. The molecular formula is C23H37ClO2. The zero-order valence-corrected chi connectivity index (χ0v) is 18.2. The number of hydrogen-bond acceptors (Lipinski definition) is 2. The topological polar surface area (TPSA) is 26.3 Å². The minimum absolute atomic E-state index is 0. The van der Waals surface area contributed by atoms with Crippen LogP contribution in [0, 0.1) is 11.3 Å². The zero-order chi connectivity index (χ0) is 18.6. The Balaban J connectivity index is 0.00000338. The molecule has 1 saturated carbocycles. The van der Waals surface area contributed by atoms with Gasteiger partial charge in [0.2, 0.25) is 0 Å². The molecule has 2 rings (SSSR count). The lowest BCUT2D eigenvalue weighted by molar-refractivity contribution is -0.138. The molecule has 0 aliphatic heterocycles. The number of carbonyl (C=O) groups is 1. The maximum atomic E-state index is 12.9. The summed E-state index contributed by atoms with van der Waals surface area (Å²) < 4.78 is 6.04. The summed E-state index contributed by atoms with van der Waals surface area (Å²) in [7, 11) is 0. The molecule has 0 saturated heterocycles. The molecule has 1 aromatic rings. The molecule has 0 radical (unpaired) electrons. The normalized spacial score (nSPS) is 16.7. The van der Waals surface area contributed by atoms with E-state index in [1.54, 1.807) is 0 Å². The first-order valence-electron chi connectivity index (χ1n) is 10.1. The first-order valence-corrected chi connectivity index (χ1v) is 10.1. The average molecular weight is 381 g/mol. The number of para-hydroxylation sites is 1. The largest absolute Gasteiger partial charge is 0.426 e. The molecule has 0 atom stereocenters. The summed E-state index contributed by atoms with van der Waals surface area (Å²) in [5.74, 6) is 1.97. The van der Waals surface area contributed by atoms with Crippen molar-refractivity contribution in [2.24, 2.45) is 11.3 Å². The lowest BCUT2D eigenvalue weighted by atomic mass is 9.65. The van der Waals surface area contributed by atoms with Crippen LogP contribution in [0.5, 0.6) is 5.75 Å². The van der Waals surface area contributed by atoms with Crippen molar-refractivity contribution >= 4 is 18.4 Å². The molecular weight excluding hydrogens is 344 g/mol. The Kier molecular flexibility index (Phi) is 8.66. The highest BCUT2D eigenvalue weighted by atomic mass is 35.5. The van der Waals surface area contributed by atoms with Gasteiger partial charge in [0.05, 0.1) is 6.42 Å². The molecule has 0 spiro atoms. The third kappa shape index (κ3) is 5.25. The maximum absolute atomic E-state index is 12.9. The van der Waals surface area contributed by atoms with E-state index in [0.29, 0.717) is 24.2 Å². The van der Waals surface area contributed by atoms with Gasteiger partial charge in [-0.15, -0.1) is 12.4 Å². The van der Waals surface area contributed by atoms with Gasteiger partial charge in [-0.1, -0.05) is 79.0 Å². The average Bonchev–Trinajstić information content (AvgIpc) is 2.55. The number of halogens is 1. The number of hydrogen-bond donors (Lipinski definition) is 0. The summed E-state index contributed by atoms with van der Waals surface area (Å²) in [5, 5.41) is 0. The van der Waals surface area contributed by atoms with Crippen LogP contribution in [0.25, 0.3) is 0 Å². The smallest absolute Gasteiger partial charge is 0.311 e. The lowest BCUT2D eigenvalue weighted by Gasteiger charge is -2.40. The van der Waals surface area contributed by atoms with Gasteiger partial charge in [-0.2, -0.15) is 0 Å². The SMILES string of the molecule is CC(C)c1cccc(C(C)C)c1OC(=O)CC1(C(C)C)CCCCC1.Cl. The van der Waals surface area contributed by atoms with Gasteiger partial charge in [-0.05, 0) is 47.1 Å². The second-order valence-corrected chi connectivity index (χ2v) is 8.80. The van der Waals surface area contributed by atoms with E-state index in [1.807, 2.05) is 0 Å². The third-order valence-electron chi connectivity index (χ3n) is 6.11. The first kappa shape index (κ1) is 23.0. The van der Waals surface area contributed by atoms with Crippen LogP contribution in [0.4, 0.5) is 0 Å². The first-order chi connectivity index (χ1) is 11.8. The number of carbonyl (C=O) groups excluding carboxylic acids is 1. The molecule has 0 aromatic heterocycles. The molecule has 1 fully saturated rings. The van der Waals surface area contributed by atoms with Crippen LogP contribution in [-0.4, -0.2) is 5.97 Å². The van der Waals surface area contributed by atoms with E-state index < -0.39 is 0 Å². The second kappa shape index (κ2) is 9.78. The number of rotatable bonds is 6. The molecule has 2 nitrogen and oxygen atoms in total. The third-order valence-corrected chi connectivity index (χ3v) is 6.11. The molecule has 1 aliphatic carbocycles. The number of ether oxygens (including phenoxy) is 1. The molecule has 0 heterocycles. The van der Waals surface area contributed by atoms with Gasteiger partial charge in [0.15, 0.2) is 0 Å². The molecule has 1 aliphatic rings. The van der Waals surface area contributed by atoms with Crippen LogP contribution in [0.1, 0.15) is 103 Å². The van der Waals surface area contributed by atoms with Gasteiger partial charge in [-0.25, -0.2) is 0 Å². The maximum Gasteiger partial charge on any atom is 0.311 e. The lowest BCUT2D eigenvalue weighted by Crippen LogP contribution is -2.34. The fourth-order valence-electron chi connectivity index (χ4n) is 4.25. The van der Waals surface area contributed by atoms with Crippen molar-refractivity contribution in [1.29, 1.82) is 0 Å². The highest BCUT2D eigenvalue weighted by Gasteiger charge is 2.38. The predicted octanol–water partition coefficient (Wildman–Crippen LogP) is 7.26. The fraction of sp³-hybridized carbons (Fsp3) is 0.696. The monoisotopic (exact) mass is 380 g/mol. The van der Waals surface area contributed by atoms with Gasteiger partial charge < -0.3 is 4.74 Å². The molecule has 1 aromatic carbocycles. The van der Waals surface area contributed by atoms with E-state index in [0.717, 1.165) is 29.7 Å². The van der Waals surface area contributed by atoms with Crippen LogP contribution in [0.2, 0.25) is 0 Å². The Morgan fingerprint density at radius 1 is 0.962 bits per heavy atom. The molecule has 0 N–H and O–H groups in total. The van der Waals surface area contributed by atoms with Gasteiger partial charge in [0, 0.05) is 0 Å². The molecule has 0 amide bonds. The standard InChI is InChI=1S/C23H36O2.ClH/c1-16(2)19-11-10-12-20(17(3)4)22(19)25-21(24)15-23(18(5)6)13-8-7-9-14-23;/h10-12,16-18H,7-9,13-15H2,1-6H3;1H. The quantitative estimate of drug-likeness (QED) is 0.383. The van der Waals surface area contributed by atoms with Crippen LogP contribution in [0.3, 0.4) is 0 Å². The van der Waals surface area contributed by atoms with Crippen molar-refractivity contribution < 1.29 is 9.53 Å². The molecule has 3 heteroatoms. The summed E-state index contributed by atoms with van der Waals surface area (Å²) in [6.45, 7) is 13.2. The highest BCUT2D eigenvalue weighted by molar-refractivity contribution is 5.85. The molecule has 148 valence electrons. The van der Waals surface area contributed by atoms with Gasteiger partial charge in [-0.3, -0.25) is 4.79 Å². The second-order valence-electron chi connectivity index (χ2n) is 8.80. The van der Waals surface area contributed by atoms with Gasteiger partial charge in [0.1, 0.15) is 5.75 Å². The van der Waals surface area contributed by atoms with Crippen LogP contribution >= 0.6 is 12.4 Å². The van der Waals surface area contributed by atoms with E-state index in [4.69, 9.17) is 4.74 Å². The van der Waals surface area contributed by atoms with Gasteiger partial charge in [0.25, 0.3) is 0 Å². The van der Waals surface area contributed by atoms with E-state index in [2.05, 4.69) is 59.7 Å². The van der Waals surface area contributed by atoms with E-state index in [1.165, 1.54) is 19.3 Å². The van der Waals surface area contributed by atoms with Crippen molar-refractivity contribution in [3.05, 3.63) is 29.3 Å². The minimum Gasteiger partial charge on any atom is -0.426 e. The Morgan fingerprint density at radius 2 is 1.46 bits per heavy atom. The Hall–Kier alpha value is -1.02. The summed E-state index contributed by atoms with van der Waals surface area (Å²) in [6.07, 6.45) is 6.65. The summed E-state index contributed by atoms with van der Waals surface area (Å²) in [6, 6.07) is 6.27. The minimum atomic E-state index is -0.0504. The predicted molar refractivity (Wildman–Crippen MR) is 112 cm³/mol. The van der Waals surface area contributed by atoms with Gasteiger partial charge >= 0.3 is 5.97 Å². The summed E-state index contributed by atoms with van der Waals surface area (Å²) in [4.78, 5) is 12.9. The van der Waals surface area contributed by atoms with Crippen molar-refractivity contribution in [3.8, 4) is 5.75 Å². The highest BCUT2D eigenvalue weighted by Crippen LogP contribution is 2.46. The number of esters is 1. The number of benzene rings is 1. The molecule has 26 heavy (non-hydrogen) atoms. The van der Waals surface area contributed by atoms with Crippen molar-refractivity contribution in [2.75, 3.05) is 0 Å². The fourth-order valence-corrected chi connectivity index (χ4v) is 4.25.